The maximum Gasteiger partial charge on any atom is 0.303 e. The van der Waals surface area contributed by atoms with E-state index in [1.165, 1.54) is 64.2 Å². The number of carbonyl (C=O) groups is 1. The molecular formula is C26H42O3. The number of hydrogen-bond donors (Lipinski definition) is 1. The molecule has 0 amide bonds. The van der Waals surface area contributed by atoms with Crippen LogP contribution in [0.4, 0.5) is 0 Å². The summed E-state index contributed by atoms with van der Waals surface area (Å²) < 4.78 is 6.12. The van der Waals surface area contributed by atoms with Gasteiger partial charge in [-0.15, -0.1) is 0 Å². The van der Waals surface area contributed by atoms with Gasteiger partial charge in [0.05, 0.1) is 6.10 Å². The first-order valence-electron chi connectivity index (χ1n) is 11.8. The van der Waals surface area contributed by atoms with Crippen LogP contribution in [0, 0.1) is 0 Å². The number of unbranched alkanes of at least 4 members (excludes halogenated alkanes) is 11. The molecule has 1 atom stereocenters. The Kier molecular flexibility index (Phi) is 14.9. The predicted molar refractivity (Wildman–Crippen MR) is 124 cm³/mol. The maximum atomic E-state index is 10.4. The highest BCUT2D eigenvalue weighted by molar-refractivity contribution is 5.66. The van der Waals surface area contributed by atoms with Crippen LogP contribution >= 0.6 is 0 Å². The molecule has 0 aliphatic heterocycles. The van der Waals surface area contributed by atoms with E-state index in [2.05, 4.69) is 25.6 Å². The Morgan fingerprint density at radius 2 is 1.38 bits per heavy atom. The molecule has 1 unspecified atom stereocenters. The van der Waals surface area contributed by atoms with Crippen molar-refractivity contribution >= 4 is 12.0 Å². The van der Waals surface area contributed by atoms with Crippen molar-refractivity contribution in [2.75, 3.05) is 0 Å². The van der Waals surface area contributed by atoms with Gasteiger partial charge >= 0.3 is 5.97 Å². The van der Waals surface area contributed by atoms with Gasteiger partial charge < -0.3 is 9.84 Å². The highest BCUT2D eigenvalue weighted by Crippen LogP contribution is 2.19. The van der Waals surface area contributed by atoms with Crippen LogP contribution in [0.5, 0.6) is 5.75 Å². The zero-order chi connectivity index (χ0) is 21.2. The SMILES string of the molecule is C=Cc1ccc(OC(CC)CCCCCCCCCCCCCCC(=O)O)cc1. The summed E-state index contributed by atoms with van der Waals surface area (Å²) in [5.41, 5.74) is 1.13. The maximum absolute atomic E-state index is 10.4. The molecule has 0 aliphatic carbocycles. The summed E-state index contributed by atoms with van der Waals surface area (Å²) in [4.78, 5) is 10.4. The van der Waals surface area contributed by atoms with Gasteiger partial charge in [-0.1, -0.05) is 95.9 Å². The molecular weight excluding hydrogens is 360 g/mol. The van der Waals surface area contributed by atoms with Crippen molar-refractivity contribution in [1.82, 2.24) is 0 Å². The van der Waals surface area contributed by atoms with Gasteiger partial charge in [0, 0.05) is 6.42 Å². The second kappa shape index (κ2) is 17.1. The highest BCUT2D eigenvalue weighted by atomic mass is 16.5. The van der Waals surface area contributed by atoms with Crippen molar-refractivity contribution in [2.45, 2.75) is 109 Å². The Morgan fingerprint density at radius 3 is 1.83 bits per heavy atom. The van der Waals surface area contributed by atoms with E-state index < -0.39 is 5.97 Å². The van der Waals surface area contributed by atoms with Crippen molar-refractivity contribution < 1.29 is 14.6 Å². The Balaban J connectivity index is 1.92. The van der Waals surface area contributed by atoms with E-state index in [-0.39, 0.29) is 0 Å². The minimum atomic E-state index is -0.665. The van der Waals surface area contributed by atoms with E-state index in [0.29, 0.717) is 12.5 Å². The topological polar surface area (TPSA) is 46.5 Å². The van der Waals surface area contributed by atoms with Gasteiger partial charge in [-0.25, -0.2) is 0 Å². The standard InChI is InChI=1S/C26H42O3/c1-3-23-19-21-25(22-20-23)29-24(4-2)17-15-13-11-9-7-5-6-8-10-12-14-16-18-26(27)28/h3,19-22,24H,1,4-18H2,2H3,(H,27,28). The fraction of sp³-hybridized carbons (Fsp3) is 0.654. The summed E-state index contributed by atoms with van der Waals surface area (Å²) in [5.74, 6) is 0.297. The van der Waals surface area contributed by atoms with Gasteiger partial charge in [-0.2, -0.15) is 0 Å². The first kappa shape index (κ1) is 25.3. The molecule has 0 saturated carbocycles. The lowest BCUT2D eigenvalue weighted by Gasteiger charge is -2.17. The lowest BCUT2D eigenvalue weighted by Crippen LogP contribution is -2.15. The molecule has 3 nitrogen and oxygen atoms in total. The summed E-state index contributed by atoms with van der Waals surface area (Å²) in [6, 6.07) is 8.18. The van der Waals surface area contributed by atoms with Crippen LogP contribution < -0.4 is 4.74 Å². The highest BCUT2D eigenvalue weighted by Gasteiger charge is 2.08. The Morgan fingerprint density at radius 1 is 0.897 bits per heavy atom. The van der Waals surface area contributed by atoms with Gasteiger partial charge in [-0.05, 0) is 43.4 Å². The summed E-state index contributed by atoms with van der Waals surface area (Å²) in [7, 11) is 0. The van der Waals surface area contributed by atoms with Crippen molar-refractivity contribution in [3.8, 4) is 5.75 Å². The van der Waals surface area contributed by atoms with Crippen molar-refractivity contribution in [3.63, 3.8) is 0 Å². The molecule has 0 spiro atoms. The zero-order valence-corrected chi connectivity index (χ0v) is 18.5. The third-order valence-electron chi connectivity index (χ3n) is 5.54. The number of rotatable bonds is 19. The average molecular weight is 403 g/mol. The van der Waals surface area contributed by atoms with Gasteiger partial charge in [-0.3, -0.25) is 4.79 Å². The minimum absolute atomic E-state index is 0.320. The normalized spacial score (nSPS) is 11.9. The van der Waals surface area contributed by atoms with E-state index in [0.717, 1.165) is 37.0 Å². The number of benzene rings is 1. The predicted octanol–water partition coefficient (Wildman–Crippen LogP) is 8.03. The molecule has 164 valence electrons. The smallest absolute Gasteiger partial charge is 0.303 e. The summed E-state index contributed by atoms with van der Waals surface area (Å²) in [6.45, 7) is 5.99. The van der Waals surface area contributed by atoms with E-state index >= 15 is 0 Å². The number of carboxylic acids is 1. The Bertz CT molecular complexity index is 535. The zero-order valence-electron chi connectivity index (χ0n) is 18.5. The monoisotopic (exact) mass is 402 g/mol. The van der Waals surface area contributed by atoms with Gasteiger partial charge in [0.25, 0.3) is 0 Å². The lowest BCUT2D eigenvalue weighted by molar-refractivity contribution is -0.137. The van der Waals surface area contributed by atoms with Crippen LogP contribution in [0.25, 0.3) is 6.08 Å². The number of aliphatic carboxylic acids is 1. The van der Waals surface area contributed by atoms with E-state index in [1.54, 1.807) is 0 Å². The summed E-state index contributed by atoms with van der Waals surface area (Å²) in [5, 5.41) is 8.60. The molecule has 0 saturated heterocycles. The van der Waals surface area contributed by atoms with Crippen LogP contribution in [-0.4, -0.2) is 17.2 Å². The van der Waals surface area contributed by atoms with E-state index in [1.807, 2.05) is 18.2 Å². The largest absolute Gasteiger partial charge is 0.490 e. The molecule has 1 N–H and O–H groups in total. The molecule has 0 aliphatic rings. The first-order valence-corrected chi connectivity index (χ1v) is 11.8. The van der Waals surface area contributed by atoms with Crippen molar-refractivity contribution in [3.05, 3.63) is 36.4 Å². The number of ether oxygens (including phenoxy) is 1. The minimum Gasteiger partial charge on any atom is -0.490 e. The summed E-state index contributed by atoms with van der Waals surface area (Å²) >= 11 is 0. The van der Waals surface area contributed by atoms with E-state index in [9.17, 15) is 4.79 Å². The fourth-order valence-corrected chi connectivity index (χ4v) is 3.64. The first-order chi connectivity index (χ1) is 14.2. The second-order valence-corrected chi connectivity index (χ2v) is 8.10. The van der Waals surface area contributed by atoms with Crippen LogP contribution in [0.3, 0.4) is 0 Å². The van der Waals surface area contributed by atoms with Crippen LogP contribution in [0.1, 0.15) is 109 Å². The molecule has 29 heavy (non-hydrogen) atoms. The van der Waals surface area contributed by atoms with Gasteiger partial charge in [0.15, 0.2) is 0 Å². The molecule has 0 heterocycles. The third kappa shape index (κ3) is 13.9. The van der Waals surface area contributed by atoms with Gasteiger partial charge in [0.2, 0.25) is 0 Å². The molecule has 1 aromatic rings. The van der Waals surface area contributed by atoms with Crippen LogP contribution in [-0.2, 0) is 4.79 Å². The van der Waals surface area contributed by atoms with E-state index in [4.69, 9.17) is 9.84 Å². The molecule has 0 aromatic heterocycles. The molecule has 3 heteroatoms. The molecule has 1 rings (SSSR count). The lowest BCUT2D eigenvalue weighted by atomic mass is 10.0. The Labute approximate surface area is 178 Å². The Hall–Kier alpha value is -1.77. The van der Waals surface area contributed by atoms with Crippen molar-refractivity contribution in [1.29, 1.82) is 0 Å². The molecule has 0 bridgehead atoms. The van der Waals surface area contributed by atoms with Crippen molar-refractivity contribution in [2.24, 2.45) is 0 Å². The van der Waals surface area contributed by atoms with Crippen LogP contribution in [0.15, 0.2) is 30.8 Å². The molecule has 1 aromatic carbocycles. The molecule has 0 fully saturated rings. The number of carboxylic acid groups (broad SMARTS) is 1. The quantitative estimate of drug-likeness (QED) is 0.238. The third-order valence-corrected chi connectivity index (χ3v) is 5.54. The number of hydrogen-bond acceptors (Lipinski definition) is 2. The summed E-state index contributed by atoms with van der Waals surface area (Å²) in [6.07, 6.45) is 19.6. The molecule has 0 radical (unpaired) electrons. The second-order valence-electron chi connectivity index (χ2n) is 8.10. The fourth-order valence-electron chi connectivity index (χ4n) is 3.64. The average Bonchev–Trinajstić information content (AvgIpc) is 2.73. The van der Waals surface area contributed by atoms with Gasteiger partial charge in [0.1, 0.15) is 5.75 Å². The van der Waals surface area contributed by atoms with Crippen LogP contribution in [0.2, 0.25) is 0 Å².